The molecule has 0 bridgehead atoms. The molecule has 16 heavy (non-hydrogen) atoms. The highest BCUT2D eigenvalue weighted by Crippen LogP contribution is 2.38. The van der Waals surface area contributed by atoms with Crippen molar-refractivity contribution in [3.05, 3.63) is 23.9 Å². The maximum absolute atomic E-state index is 9.82. The Balaban J connectivity index is 1.69. The Morgan fingerprint density at radius 1 is 1.25 bits per heavy atom. The van der Waals surface area contributed by atoms with Crippen LogP contribution in [0.2, 0.25) is 0 Å². The molecule has 1 aliphatic carbocycles. The molecule has 1 aromatic rings. The van der Waals surface area contributed by atoms with Gasteiger partial charge in [0.15, 0.2) is 0 Å². The van der Waals surface area contributed by atoms with Crippen LogP contribution < -0.4 is 4.90 Å². The lowest BCUT2D eigenvalue weighted by Crippen LogP contribution is -2.19. The summed E-state index contributed by atoms with van der Waals surface area (Å²) in [7, 11) is 0. The molecule has 2 fully saturated rings. The smallest absolute Gasteiger partial charge is 0.128 e. The van der Waals surface area contributed by atoms with E-state index in [1.54, 1.807) is 0 Å². The van der Waals surface area contributed by atoms with E-state index in [4.69, 9.17) is 0 Å². The molecule has 86 valence electrons. The minimum Gasteiger partial charge on any atom is -0.390 e. The first-order chi connectivity index (χ1) is 7.75. The lowest BCUT2D eigenvalue weighted by Gasteiger charge is -2.16. The quantitative estimate of drug-likeness (QED) is 0.839. The molecule has 1 aliphatic heterocycles. The molecule has 1 saturated carbocycles. The molecule has 3 nitrogen and oxygen atoms in total. The molecule has 0 amide bonds. The van der Waals surface area contributed by atoms with Gasteiger partial charge in [0.1, 0.15) is 5.82 Å². The van der Waals surface area contributed by atoms with E-state index in [0.29, 0.717) is 0 Å². The van der Waals surface area contributed by atoms with Gasteiger partial charge in [-0.05, 0) is 37.3 Å². The third-order valence-electron chi connectivity index (χ3n) is 3.60. The van der Waals surface area contributed by atoms with Crippen LogP contribution in [0.25, 0.3) is 0 Å². The van der Waals surface area contributed by atoms with Crippen LogP contribution in [0.5, 0.6) is 0 Å². The molecule has 0 radical (unpaired) electrons. The normalized spacial score (nSPS) is 22.4. The summed E-state index contributed by atoms with van der Waals surface area (Å²) in [5.74, 6) is 1.09. The summed E-state index contributed by atoms with van der Waals surface area (Å²) in [4.78, 5) is 6.82. The van der Waals surface area contributed by atoms with Crippen molar-refractivity contribution in [2.24, 2.45) is 0 Å². The van der Waals surface area contributed by atoms with Crippen LogP contribution in [0.4, 0.5) is 5.82 Å². The molecular formula is C13H18N2O. The molecule has 0 unspecified atom stereocenters. The summed E-state index contributed by atoms with van der Waals surface area (Å²) in [6.07, 6.45) is 7.14. The van der Waals surface area contributed by atoms with Gasteiger partial charge >= 0.3 is 0 Å². The van der Waals surface area contributed by atoms with Gasteiger partial charge in [-0.1, -0.05) is 6.07 Å². The average molecular weight is 218 g/mol. The van der Waals surface area contributed by atoms with Crippen LogP contribution in [-0.4, -0.2) is 28.8 Å². The number of anilines is 1. The molecule has 1 N–H and O–H groups in total. The minimum atomic E-state index is -0.406. The van der Waals surface area contributed by atoms with Gasteiger partial charge in [-0.15, -0.1) is 0 Å². The van der Waals surface area contributed by atoms with Crippen molar-refractivity contribution < 1.29 is 5.11 Å². The van der Waals surface area contributed by atoms with E-state index in [0.717, 1.165) is 43.7 Å². The summed E-state index contributed by atoms with van der Waals surface area (Å²) >= 11 is 0. The van der Waals surface area contributed by atoms with E-state index >= 15 is 0 Å². The van der Waals surface area contributed by atoms with Crippen LogP contribution in [0.1, 0.15) is 31.2 Å². The first-order valence-electron chi connectivity index (χ1n) is 6.18. The van der Waals surface area contributed by atoms with Gasteiger partial charge in [0.2, 0.25) is 0 Å². The third-order valence-corrected chi connectivity index (χ3v) is 3.60. The molecule has 3 rings (SSSR count). The Labute approximate surface area is 96.1 Å². The second kappa shape index (κ2) is 3.74. The third kappa shape index (κ3) is 2.05. The largest absolute Gasteiger partial charge is 0.390 e. The Morgan fingerprint density at radius 3 is 2.56 bits per heavy atom. The summed E-state index contributed by atoms with van der Waals surface area (Å²) in [5, 5.41) is 9.82. The maximum Gasteiger partial charge on any atom is 0.128 e. The SMILES string of the molecule is OC1(Cc2ccc(N3CCCC3)nc2)CC1. The zero-order valence-electron chi connectivity index (χ0n) is 9.52. The second-order valence-corrected chi connectivity index (χ2v) is 5.12. The van der Waals surface area contributed by atoms with Crippen molar-refractivity contribution in [3.8, 4) is 0 Å². The maximum atomic E-state index is 9.82. The Morgan fingerprint density at radius 2 is 2.00 bits per heavy atom. The first-order valence-corrected chi connectivity index (χ1v) is 6.18. The van der Waals surface area contributed by atoms with Crippen LogP contribution in [0.3, 0.4) is 0 Å². The fraction of sp³-hybridized carbons (Fsp3) is 0.615. The Kier molecular flexibility index (Phi) is 2.36. The lowest BCUT2D eigenvalue weighted by atomic mass is 10.1. The fourth-order valence-electron chi connectivity index (χ4n) is 2.36. The number of rotatable bonds is 3. The molecule has 1 aromatic heterocycles. The van der Waals surface area contributed by atoms with Crippen LogP contribution in [0.15, 0.2) is 18.3 Å². The summed E-state index contributed by atoms with van der Waals surface area (Å²) in [6.45, 7) is 2.27. The minimum absolute atomic E-state index is 0.406. The molecule has 2 heterocycles. The summed E-state index contributed by atoms with van der Waals surface area (Å²) in [6, 6.07) is 4.20. The molecule has 2 aliphatic rings. The Bertz CT molecular complexity index is 364. The van der Waals surface area contributed by atoms with Crippen molar-refractivity contribution in [2.75, 3.05) is 18.0 Å². The molecule has 1 saturated heterocycles. The highest BCUT2D eigenvalue weighted by atomic mass is 16.3. The van der Waals surface area contributed by atoms with Gasteiger partial charge < -0.3 is 10.0 Å². The number of nitrogens with zero attached hydrogens (tertiary/aromatic N) is 2. The number of hydrogen-bond donors (Lipinski definition) is 1. The van der Waals surface area contributed by atoms with Gasteiger partial charge in [-0.2, -0.15) is 0 Å². The molecule has 3 heteroatoms. The summed E-state index contributed by atoms with van der Waals surface area (Å²) < 4.78 is 0. The number of aromatic nitrogens is 1. The predicted octanol–water partition coefficient (Wildman–Crippen LogP) is 1.75. The standard InChI is InChI=1S/C13H18N2O/c16-13(5-6-13)9-11-3-4-12(14-10-11)15-7-1-2-8-15/h3-4,10,16H,1-2,5-9H2. The van der Waals surface area contributed by atoms with Crippen LogP contribution >= 0.6 is 0 Å². The highest BCUT2D eigenvalue weighted by Gasteiger charge is 2.40. The highest BCUT2D eigenvalue weighted by molar-refractivity contribution is 5.40. The van der Waals surface area contributed by atoms with E-state index in [2.05, 4.69) is 22.0 Å². The van der Waals surface area contributed by atoms with E-state index < -0.39 is 5.60 Å². The Hall–Kier alpha value is -1.09. The van der Waals surface area contributed by atoms with Crippen LogP contribution in [-0.2, 0) is 6.42 Å². The zero-order valence-corrected chi connectivity index (χ0v) is 9.52. The number of pyridine rings is 1. The number of aliphatic hydroxyl groups is 1. The topological polar surface area (TPSA) is 36.4 Å². The zero-order chi connectivity index (χ0) is 11.0. The van der Waals surface area contributed by atoms with E-state index in [-0.39, 0.29) is 0 Å². The van der Waals surface area contributed by atoms with E-state index in [1.165, 1.54) is 12.8 Å². The van der Waals surface area contributed by atoms with Gasteiger partial charge in [0, 0.05) is 25.7 Å². The van der Waals surface area contributed by atoms with Crippen molar-refractivity contribution in [2.45, 2.75) is 37.7 Å². The van der Waals surface area contributed by atoms with Crippen molar-refractivity contribution in [3.63, 3.8) is 0 Å². The monoisotopic (exact) mass is 218 g/mol. The molecular weight excluding hydrogens is 200 g/mol. The predicted molar refractivity (Wildman–Crippen MR) is 63.6 cm³/mol. The van der Waals surface area contributed by atoms with E-state index in [1.807, 2.05) is 6.20 Å². The lowest BCUT2D eigenvalue weighted by molar-refractivity contribution is 0.151. The van der Waals surface area contributed by atoms with Gasteiger partial charge in [-0.3, -0.25) is 0 Å². The average Bonchev–Trinajstić information content (AvgIpc) is 2.83. The second-order valence-electron chi connectivity index (χ2n) is 5.12. The van der Waals surface area contributed by atoms with Gasteiger partial charge in [0.05, 0.1) is 5.60 Å². The molecule has 0 spiro atoms. The van der Waals surface area contributed by atoms with E-state index in [9.17, 15) is 5.11 Å². The first kappa shape index (κ1) is 10.1. The molecule has 0 aromatic carbocycles. The van der Waals surface area contributed by atoms with Gasteiger partial charge in [-0.25, -0.2) is 4.98 Å². The molecule has 0 atom stereocenters. The van der Waals surface area contributed by atoms with Crippen LogP contribution in [0, 0.1) is 0 Å². The van der Waals surface area contributed by atoms with Crippen molar-refractivity contribution in [1.82, 2.24) is 4.98 Å². The number of hydrogen-bond acceptors (Lipinski definition) is 3. The van der Waals surface area contributed by atoms with Gasteiger partial charge in [0.25, 0.3) is 0 Å². The van der Waals surface area contributed by atoms with Crippen molar-refractivity contribution >= 4 is 5.82 Å². The van der Waals surface area contributed by atoms with Crippen molar-refractivity contribution in [1.29, 1.82) is 0 Å². The summed E-state index contributed by atoms with van der Waals surface area (Å²) in [5.41, 5.74) is 0.750. The fourth-order valence-corrected chi connectivity index (χ4v) is 2.36.